The number of hydrogen-bond donors (Lipinski definition) is 0. The maximum atomic E-state index is 8.74. The first kappa shape index (κ1) is 10.2. The van der Waals surface area contributed by atoms with Gasteiger partial charge in [0.05, 0.1) is 24.3 Å². The summed E-state index contributed by atoms with van der Waals surface area (Å²) in [5, 5.41) is 9.26. The predicted octanol–water partition coefficient (Wildman–Crippen LogP) is 3.21. The van der Waals surface area contributed by atoms with Crippen molar-refractivity contribution in [2.24, 2.45) is 0 Å². The van der Waals surface area contributed by atoms with Crippen LogP contribution in [0.4, 0.5) is 0 Å². The van der Waals surface area contributed by atoms with Gasteiger partial charge in [-0.25, -0.2) is 0 Å². The van der Waals surface area contributed by atoms with Gasteiger partial charge in [-0.15, -0.1) is 0 Å². The summed E-state index contributed by atoms with van der Waals surface area (Å²) in [7, 11) is 0. The Labute approximate surface area is 93.7 Å². The van der Waals surface area contributed by atoms with Crippen molar-refractivity contribution in [1.29, 1.82) is 5.26 Å². The highest BCUT2D eigenvalue weighted by Crippen LogP contribution is 2.28. The molecule has 0 N–H and O–H groups in total. The first-order valence-electron chi connectivity index (χ1n) is 4.69. The van der Waals surface area contributed by atoms with Crippen molar-refractivity contribution < 1.29 is 4.74 Å². The van der Waals surface area contributed by atoms with Crippen molar-refractivity contribution in [3.05, 3.63) is 40.5 Å². The average Bonchev–Trinajstić information content (AvgIpc) is 2.73. The van der Waals surface area contributed by atoms with E-state index in [1.165, 1.54) is 5.56 Å². The molecule has 0 saturated carbocycles. The Kier molecular flexibility index (Phi) is 2.77. The molecule has 0 radical (unpaired) electrons. The standard InChI is InChI=1S/C12H10ClNO/c1-8(5-14)12(13)9-2-3-10-6-15-7-11(10)4-9/h2-4H,6-7H2,1H3. The van der Waals surface area contributed by atoms with E-state index in [0.717, 1.165) is 11.1 Å². The minimum Gasteiger partial charge on any atom is -0.372 e. The Bertz CT molecular complexity index is 471. The second kappa shape index (κ2) is 4.06. The predicted molar refractivity (Wildman–Crippen MR) is 59.0 cm³/mol. The molecule has 0 saturated heterocycles. The van der Waals surface area contributed by atoms with Crippen LogP contribution in [0.3, 0.4) is 0 Å². The number of nitriles is 1. The highest BCUT2D eigenvalue weighted by atomic mass is 35.5. The van der Waals surface area contributed by atoms with E-state index in [1.54, 1.807) is 6.92 Å². The molecular weight excluding hydrogens is 210 g/mol. The Hall–Kier alpha value is -1.30. The van der Waals surface area contributed by atoms with Gasteiger partial charge < -0.3 is 4.74 Å². The lowest BCUT2D eigenvalue weighted by molar-refractivity contribution is 0.134. The maximum Gasteiger partial charge on any atom is 0.0959 e. The summed E-state index contributed by atoms with van der Waals surface area (Å²) >= 11 is 6.07. The summed E-state index contributed by atoms with van der Waals surface area (Å²) in [6, 6.07) is 7.97. The molecule has 1 heterocycles. The third-order valence-electron chi connectivity index (χ3n) is 2.47. The fraction of sp³-hybridized carbons (Fsp3) is 0.250. The van der Waals surface area contributed by atoms with Gasteiger partial charge in [0, 0.05) is 5.57 Å². The number of fused-ring (bicyclic) bond motifs is 1. The van der Waals surface area contributed by atoms with Crippen molar-refractivity contribution >= 4 is 16.6 Å². The van der Waals surface area contributed by atoms with Crippen LogP contribution in [0.5, 0.6) is 0 Å². The summed E-state index contributed by atoms with van der Waals surface area (Å²) in [5.74, 6) is 0. The summed E-state index contributed by atoms with van der Waals surface area (Å²) in [5.41, 5.74) is 3.80. The Morgan fingerprint density at radius 1 is 1.40 bits per heavy atom. The summed E-state index contributed by atoms with van der Waals surface area (Å²) in [6.45, 7) is 3.03. The monoisotopic (exact) mass is 219 g/mol. The largest absolute Gasteiger partial charge is 0.372 e. The number of hydrogen-bond acceptors (Lipinski definition) is 2. The van der Waals surface area contributed by atoms with Gasteiger partial charge in [-0.3, -0.25) is 0 Å². The van der Waals surface area contributed by atoms with Crippen molar-refractivity contribution in [2.45, 2.75) is 20.1 Å². The fourth-order valence-corrected chi connectivity index (χ4v) is 1.73. The molecule has 1 aliphatic heterocycles. The second-order valence-corrected chi connectivity index (χ2v) is 3.91. The SMILES string of the molecule is CC(C#N)=C(Cl)c1ccc2c(c1)COC2. The molecule has 0 fully saturated rings. The molecule has 15 heavy (non-hydrogen) atoms. The minimum atomic E-state index is 0.521. The highest BCUT2D eigenvalue weighted by molar-refractivity contribution is 6.49. The molecule has 0 atom stereocenters. The molecule has 0 bridgehead atoms. The van der Waals surface area contributed by atoms with Gasteiger partial charge in [-0.2, -0.15) is 5.26 Å². The first-order chi connectivity index (χ1) is 7.22. The zero-order valence-electron chi connectivity index (χ0n) is 8.38. The van der Waals surface area contributed by atoms with Crippen LogP contribution in [-0.4, -0.2) is 0 Å². The Morgan fingerprint density at radius 2 is 2.13 bits per heavy atom. The van der Waals surface area contributed by atoms with Crippen molar-refractivity contribution in [3.63, 3.8) is 0 Å². The molecule has 2 rings (SSSR count). The van der Waals surface area contributed by atoms with Crippen LogP contribution in [0.1, 0.15) is 23.6 Å². The molecule has 3 heteroatoms. The molecule has 0 amide bonds. The van der Waals surface area contributed by atoms with Gasteiger partial charge in [0.15, 0.2) is 0 Å². The normalized spacial score (nSPS) is 15.5. The minimum absolute atomic E-state index is 0.521. The molecule has 2 nitrogen and oxygen atoms in total. The van der Waals surface area contributed by atoms with E-state index >= 15 is 0 Å². The van der Waals surface area contributed by atoms with Crippen LogP contribution in [0.25, 0.3) is 5.03 Å². The van der Waals surface area contributed by atoms with E-state index in [0.29, 0.717) is 23.8 Å². The molecule has 0 aliphatic carbocycles. The van der Waals surface area contributed by atoms with Gasteiger partial charge in [0.1, 0.15) is 0 Å². The van der Waals surface area contributed by atoms with E-state index in [9.17, 15) is 0 Å². The second-order valence-electron chi connectivity index (χ2n) is 3.53. The number of rotatable bonds is 1. The number of nitrogens with zero attached hydrogens (tertiary/aromatic N) is 1. The molecular formula is C12H10ClNO. The Balaban J connectivity index is 2.44. The smallest absolute Gasteiger partial charge is 0.0959 e. The van der Waals surface area contributed by atoms with Crippen molar-refractivity contribution in [2.75, 3.05) is 0 Å². The van der Waals surface area contributed by atoms with Crippen LogP contribution in [0, 0.1) is 11.3 Å². The van der Waals surface area contributed by atoms with Gasteiger partial charge in [0.25, 0.3) is 0 Å². The van der Waals surface area contributed by atoms with Crippen LogP contribution in [-0.2, 0) is 18.0 Å². The van der Waals surface area contributed by atoms with Crippen LogP contribution in [0.2, 0.25) is 0 Å². The summed E-state index contributed by atoms with van der Waals surface area (Å²) in [4.78, 5) is 0. The van der Waals surface area contributed by atoms with Crippen LogP contribution < -0.4 is 0 Å². The quantitative estimate of drug-likeness (QED) is 0.680. The zero-order valence-corrected chi connectivity index (χ0v) is 9.14. The molecule has 1 aromatic carbocycles. The fourth-order valence-electron chi connectivity index (χ4n) is 1.57. The molecule has 76 valence electrons. The van der Waals surface area contributed by atoms with E-state index in [2.05, 4.69) is 0 Å². The molecule has 0 spiro atoms. The van der Waals surface area contributed by atoms with E-state index in [-0.39, 0.29) is 0 Å². The lowest BCUT2D eigenvalue weighted by Gasteiger charge is -2.03. The summed E-state index contributed by atoms with van der Waals surface area (Å²) < 4.78 is 5.31. The first-order valence-corrected chi connectivity index (χ1v) is 5.06. The number of ether oxygens (including phenoxy) is 1. The molecule has 1 aliphatic rings. The van der Waals surface area contributed by atoms with Crippen molar-refractivity contribution in [3.8, 4) is 6.07 Å². The van der Waals surface area contributed by atoms with Crippen LogP contribution in [0.15, 0.2) is 23.8 Å². The van der Waals surface area contributed by atoms with E-state index in [1.807, 2.05) is 24.3 Å². The molecule has 0 unspecified atom stereocenters. The molecule has 0 aromatic heterocycles. The van der Waals surface area contributed by atoms with Gasteiger partial charge in [-0.1, -0.05) is 23.7 Å². The third-order valence-corrected chi connectivity index (χ3v) is 2.97. The van der Waals surface area contributed by atoms with Gasteiger partial charge in [-0.05, 0) is 29.7 Å². The van der Waals surface area contributed by atoms with Crippen molar-refractivity contribution in [1.82, 2.24) is 0 Å². The topological polar surface area (TPSA) is 33.0 Å². The van der Waals surface area contributed by atoms with E-state index in [4.69, 9.17) is 21.6 Å². The lowest BCUT2D eigenvalue weighted by Crippen LogP contribution is -1.86. The van der Waals surface area contributed by atoms with Gasteiger partial charge >= 0.3 is 0 Å². The van der Waals surface area contributed by atoms with Crippen LogP contribution >= 0.6 is 11.6 Å². The zero-order chi connectivity index (χ0) is 10.8. The number of allylic oxidation sites excluding steroid dienone is 1. The van der Waals surface area contributed by atoms with E-state index < -0.39 is 0 Å². The Morgan fingerprint density at radius 3 is 2.87 bits per heavy atom. The number of benzene rings is 1. The van der Waals surface area contributed by atoms with Gasteiger partial charge in [0.2, 0.25) is 0 Å². The highest BCUT2D eigenvalue weighted by Gasteiger charge is 2.12. The number of halogens is 1. The lowest BCUT2D eigenvalue weighted by atomic mass is 10.0. The third kappa shape index (κ3) is 1.90. The molecule has 1 aromatic rings. The summed E-state index contributed by atoms with van der Waals surface area (Å²) in [6.07, 6.45) is 0. The average molecular weight is 220 g/mol. The maximum absolute atomic E-state index is 8.74.